The molecule has 0 aliphatic carbocycles. The number of aryl methyl sites for hydroxylation is 1. The molecule has 0 aliphatic heterocycles. The van der Waals surface area contributed by atoms with Crippen LogP contribution in [0.5, 0.6) is 11.6 Å². The van der Waals surface area contributed by atoms with Crippen molar-refractivity contribution in [2.45, 2.75) is 33.1 Å². The number of amides is 2. The fourth-order valence-corrected chi connectivity index (χ4v) is 3.60. The smallest absolute Gasteiger partial charge is 0.323 e. The molecule has 8 nitrogen and oxygen atoms in total. The number of urea groups is 1. The van der Waals surface area contributed by atoms with E-state index in [0.717, 1.165) is 22.4 Å². The van der Waals surface area contributed by atoms with Crippen molar-refractivity contribution in [3.8, 4) is 22.9 Å². The molecule has 0 atom stereocenters. The zero-order valence-electron chi connectivity index (χ0n) is 21.1. The number of ether oxygens (including phenoxy) is 1. The van der Waals surface area contributed by atoms with Crippen LogP contribution < -0.4 is 20.7 Å². The van der Waals surface area contributed by atoms with Crippen LogP contribution in [0.1, 0.15) is 31.9 Å². The van der Waals surface area contributed by atoms with Gasteiger partial charge >= 0.3 is 6.03 Å². The Balaban J connectivity index is 1.47. The molecular formula is C28H30N6O2. The van der Waals surface area contributed by atoms with Crippen molar-refractivity contribution in [1.82, 2.24) is 15.0 Å². The van der Waals surface area contributed by atoms with E-state index in [1.54, 1.807) is 31.6 Å². The number of pyridine rings is 1. The van der Waals surface area contributed by atoms with Crippen LogP contribution >= 0.6 is 0 Å². The number of carbonyl (C=O) groups excluding carboxylic acids is 1. The van der Waals surface area contributed by atoms with Gasteiger partial charge in [-0.3, -0.25) is 0 Å². The summed E-state index contributed by atoms with van der Waals surface area (Å²) < 4.78 is 6.15. The lowest BCUT2D eigenvalue weighted by Gasteiger charge is -2.20. The second-order valence-corrected chi connectivity index (χ2v) is 9.36. The average molecular weight is 483 g/mol. The van der Waals surface area contributed by atoms with E-state index < -0.39 is 0 Å². The highest BCUT2D eigenvalue weighted by molar-refractivity contribution is 5.99. The molecule has 4 rings (SSSR count). The van der Waals surface area contributed by atoms with Crippen LogP contribution in [0.15, 0.2) is 73.1 Å². The minimum absolute atomic E-state index is 0.00275. The van der Waals surface area contributed by atoms with E-state index in [2.05, 4.69) is 57.7 Å². The maximum absolute atomic E-state index is 12.6. The molecule has 0 bridgehead atoms. The Labute approximate surface area is 211 Å². The minimum atomic E-state index is -0.315. The molecule has 0 radical (unpaired) electrons. The third-order valence-electron chi connectivity index (χ3n) is 5.55. The van der Waals surface area contributed by atoms with Gasteiger partial charge in [0.15, 0.2) is 0 Å². The van der Waals surface area contributed by atoms with E-state index in [1.807, 2.05) is 49.4 Å². The third kappa shape index (κ3) is 5.96. The predicted molar refractivity (Wildman–Crippen MR) is 144 cm³/mol. The maximum atomic E-state index is 12.6. The topological polar surface area (TPSA) is 101 Å². The summed E-state index contributed by atoms with van der Waals surface area (Å²) in [5, 5.41) is 8.73. The molecular weight excluding hydrogens is 452 g/mol. The summed E-state index contributed by atoms with van der Waals surface area (Å²) in [4.78, 5) is 25.7. The molecule has 0 aliphatic rings. The van der Waals surface area contributed by atoms with E-state index >= 15 is 0 Å². The molecule has 2 heterocycles. The lowest BCUT2D eigenvalue weighted by Crippen LogP contribution is -2.20. The Morgan fingerprint density at radius 2 is 1.67 bits per heavy atom. The first-order chi connectivity index (χ1) is 17.2. The zero-order chi connectivity index (χ0) is 25.7. The lowest BCUT2D eigenvalue weighted by molar-refractivity contribution is 0.262. The van der Waals surface area contributed by atoms with Crippen molar-refractivity contribution in [3.63, 3.8) is 0 Å². The Kier molecular flexibility index (Phi) is 7.15. The third-order valence-corrected chi connectivity index (χ3v) is 5.55. The molecule has 36 heavy (non-hydrogen) atoms. The summed E-state index contributed by atoms with van der Waals surface area (Å²) in [6.07, 6.45) is 3.35. The largest absolute Gasteiger partial charge is 0.438 e. The molecule has 0 unspecified atom stereocenters. The van der Waals surface area contributed by atoms with Gasteiger partial charge in [0.2, 0.25) is 11.8 Å². The first kappa shape index (κ1) is 24.7. The lowest BCUT2D eigenvalue weighted by atomic mass is 9.87. The van der Waals surface area contributed by atoms with E-state index in [9.17, 15) is 4.79 Å². The highest BCUT2D eigenvalue weighted by atomic mass is 16.5. The van der Waals surface area contributed by atoms with Crippen LogP contribution in [-0.4, -0.2) is 28.0 Å². The molecule has 8 heteroatoms. The van der Waals surface area contributed by atoms with Gasteiger partial charge in [-0.2, -0.15) is 0 Å². The minimum Gasteiger partial charge on any atom is -0.438 e. The first-order valence-electron chi connectivity index (χ1n) is 11.7. The van der Waals surface area contributed by atoms with E-state index in [-0.39, 0.29) is 11.4 Å². The van der Waals surface area contributed by atoms with Crippen LogP contribution in [0.25, 0.3) is 11.3 Å². The molecule has 3 N–H and O–H groups in total. The van der Waals surface area contributed by atoms with Crippen molar-refractivity contribution < 1.29 is 9.53 Å². The van der Waals surface area contributed by atoms with Gasteiger partial charge in [0.05, 0.1) is 11.3 Å². The number of nitrogens with zero attached hydrogens (tertiary/aromatic N) is 3. The number of hydrogen-bond acceptors (Lipinski definition) is 6. The van der Waals surface area contributed by atoms with Crippen LogP contribution in [0.2, 0.25) is 0 Å². The summed E-state index contributed by atoms with van der Waals surface area (Å²) in [7, 11) is 1.77. The van der Waals surface area contributed by atoms with Gasteiger partial charge in [0.1, 0.15) is 5.75 Å². The molecule has 4 aromatic rings. The molecule has 2 amide bonds. The number of rotatable bonds is 6. The second kappa shape index (κ2) is 10.4. The summed E-state index contributed by atoms with van der Waals surface area (Å²) in [5.74, 6) is 1.57. The van der Waals surface area contributed by atoms with E-state index in [1.165, 1.54) is 0 Å². The fraction of sp³-hybridized carbons (Fsp3) is 0.214. The zero-order valence-corrected chi connectivity index (χ0v) is 21.1. The van der Waals surface area contributed by atoms with Crippen LogP contribution in [-0.2, 0) is 5.41 Å². The van der Waals surface area contributed by atoms with Crippen molar-refractivity contribution in [1.29, 1.82) is 0 Å². The molecule has 0 fully saturated rings. The van der Waals surface area contributed by atoms with Gasteiger partial charge in [0, 0.05) is 30.8 Å². The Bertz CT molecular complexity index is 1380. The Hall–Kier alpha value is -4.46. The van der Waals surface area contributed by atoms with E-state index in [0.29, 0.717) is 29.0 Å². The highest BCUT2D eigenvalue weighted by Crippen LogP contribution is 2.33. The van der Waals surface area contributed by atoms with Crippen molar-refractivity contribution in [2.75, 3.05) is 23.0 Å². The second-order valence-electron chi connectivity index (χ2n) is 9.36. The number of aromatic nitrogens is 3. The average Bonchev–Trinajstić information content (AvgIpc) is 2.85. The molecule has 2 aromatic carbocycles. The molecule has 0 saturated heterocycles. The van der Waals surface area contributed by atoms with Crippen LogP contribution in [0.4, 0.5) is 22.1 Å². The van der Waals surface area contributed by atoms with Crippen molar-refractivity contribution in [2.24, 2.45) is 0 Å². The van der Waals surface area contributed by atoms with Gasteiger partial charge in [0.25, 0.3) is 0 Å². The fourth-order valence-electron chi connectivity index (χ4n) is 3.60. The van der Waals surface area contributed by atoms with Gasteiger partial charge in [-0.15, -0.1) is 0 Å². The van der Waals surface area contributed by atoms with Crippen LogP contribution in [0.3, 0.4) is 0 Å². The highest BCUT2D eigenvalue weighted by Gasteiger charge is 2.15. The molecule has 0 saturated carbocycles. The molecule has 0 spiro atoms. The van der Waals surface area contributed by atoms with E-state index in [4.69, 9.17) is 4.74 Å². The first-order valence-corrected chi connectivity index (χ1v) is 11.7. The number of anilines is 3. The van der Waals surface area contributed by atoms with Crippen LogP contribution in [0, 0.1) is 6.92 Å². The van der Waals surface area contributed by atoms with Gasteiger partial charge in [-0.05, 0) is 72.0 Å². The standard InChI is InChI=1S/C28H30N6O2/c1-18-16-21(33-27(35)32-20-9-6-8-19(17-20)28(2,3)4)11-12-24(18)36-25-22(10-7-14-30-25)23-13-15-31-26(29-5)34-23/h6-17H,1-5H3,(H,29,31,34)(H2,32,33,35). The van der Waals surface area contributed by atoms with Crippen molar-refractivity contribution >= 4 is 23.4 Å². The molecule has 2 aromatic heterocycles. The number of benzene rings is 2. The van der Waals surface area contributed by atoms with Gasteiger partial charge in [-0.25, -0.2) is 19.7 Å². The van der Waals surface area contributed by atoms with Crippen molar-refractivity contribution in [3.05, 3.63) is 84.2 Å². The summed E-state index contributed by atoms with van der Waals surface area (Å²) in [6.45, 7) is 8.33. The normalized spacial score (nSPS) is 11.0. The SMILES string of the molecule is CNc1nccc(-c2cccnc2Oc2ccc(NC(=O)Nc3cccc(C(C)(C)C)c3)cc2C)n1. The maximum Gasteiger partial charge on any atom is 0.323 e. The summed E-state index contributed by atoms with van der Waals surface area (Å²) >= 11 is 0. The quantitative estimate of drug-likeness (QED) is 0.285. The Morgan fingerprint density at radius 3 is 2.39 bits per heavy atom. The number of carbonyl (C=O) groups is 1. The summed E-state index contributed by atoms with van der Waals surface area (Å²) in [6, 6.07) is 18.5. The summed E-state index contributed by atoms with van der Waals surface area (Å²) in [5.41, 5.74) is 4.83. The van der Waals surface area contributed by atoms with Gasteiger partial charge in [-0.1, -0.05) is 32.9 Å². The monoisotopic (exact) mass is 482 g/mol. The predicted octanol–water partition coefficient (Wildman–Crippen LogP) is 6.62. The van der Waals surface area contributed by atoms with Gasteiger partial charge < -0.3 is 20.7 Å². The molecule has 184 valence electrons. The Morgan fingerprint density at radius 1 is 0.889 bits per heavy atom. The number of hydrogen-bond donors (Lipinski definition) is 3. The number of nitrogens with one attached hydrogen (secondary N) is 3.